The van der Waals surface area contributed by atoms with E-state index in [1.807, 2.05) is 45.9 Å². The van der Waals surface area contributed by atoms with Gasteiger partial charge < -0.3 is 9.84 Å². The van der Waals surface area contributed by atoms with Gasteiger partial charge in [-0.25, -0.2) is 0 Å². The molecule has 0 saturated carbocycles. The van der Waals surface area contributed by atoms with Gasteiger partial charge >= 0.3 is 0 Å². The Bertz CT molecular complexity index is 765. The molecular formula is C20H27N3O3. The van der Waals surface area contributed by atoms with Crippen LogP contribution in [0.2, 0.25) is 0 Å². The largest absolute Gasteiger partial charge is 0.356 e. The van der Waals surface area contributed by atoms with E-state index >= 15 is 0 Å². The first-order valence-corrected chi connectivity index (χ1v) is 9.06. The third kappa shape index (κ3) is 5.79. The van der Waals surface area contributed by atoms with Crippen LogP contribution in [0.4, 0.5) is 0 Å². The van der Waals surface area contributed by atoms with E-state index in [4.69, 9.17) is 4.52 Å². The molecule has 0 atom stereocenters. The number of aryl methyl sites for hydroxylation is 3. The summed E-state index contributed by atoms with van der Waals surface area (Å²) in [6.45, 7) is 8.41. The molecule has 0 fully saturated rings. The molecule has 0 spiro atoms. The molecule has 0 bridgehead atoms. The summed E-state index contributed by atoms with van der Waals surface area (Å²) in [4.78, 5) is 28.5. The molecule has 0 aliphatic rings. The van der Waals surface area contributed by atoms with E-state index in [9.17, 15) is 9.59 Å². The van der Waals surface area contributed by atoms with Gasteiger partial charge in [0.1, 0.15) is 0 Å². The molecule has 26 heavy (non-hydrogen) atoms. The van der Waals surface area contributed by atoms with Crippen LogP contribution in [0.25, 0.3) is 0 Å². The predicted octanol–water partition coefficient (Wildman–Crippen LogP) is 3.52. The van der Waals surface area contributed by atoms with E-state index in [2.05, 4.69) is 15.5 Å². The minimum Gasteiger partial charge on any atom is -0.356 e. The molecule has 1 N–H and O–H groups in total. The third-order valence-electron chi connectivity index (χ3n) is 4.16. The van der Waals surface area contributed by atoms with Crippen molar-refractivity contribution in [3.8, 4) is 0 Å². The minimum atomic E-state index is -0.114. The number of ketones is 1. The van der Waals surface area contributed by atoms with Gasteiger partial charge in [0.05, 0.1) is 0 Å². The van der Waals surface area contributed by atoms with Gasteiger partial charge in [0.15, 0.2) is 11.6 Å². The van der Waals surface area contributed by atoms with Gasteiger partial charge in [-0.15, -0.1) is 0 Å². The molecule has 0 saturated heterocycles. The van der Waals surface area contributed by atoms with Crippen LogP contribution in [0.1, 0.15) is 72.2 Å². The number of nitrogens with zero attached hydrogens (tertiary/aromatic N) is 2. The lowest BCUT2D eigenvalue weighted by Crippen LogP contribution is -2.25. The third-order valence-corrected chi connectivity index (χ3v) is 4.16. The van der Waals surface area contributed by atoms with Gasteiger partial charge in [-0.05, 0) is 31.9 Å². The number of amides is 1. The first kappa shape index (κ1) is 19.8. The average Bonchev–Trinajstić information content (AvgIpc) is 3.08. The highest BCUT2D eigenvalue weighted by Gasteiger charge is 2.12. The number of rotatable bonds is 9. The van der Waals surface area contributed by atoms with Crippen LogP contribution in [0, 0.1) is 13.8 Å². The number of carbonyl (C=O) groups excluding carboxylic acids is 2. The number of hydrogen-bond acceptors (Lipinski definition) is 5. The molecule has 0 radical (unpaired) electrons. The Labute approximate surface area is 154 Å². The van der Waals surface area contributed by atoms with E-state index in [0.717, 1.165) is 17.5 Å². The molecule has 1 amide bonds. The molecule has 2 rings (SSSR count). The van der Waals surface area contributed by atoms with Crippen molar-refractivity contribution in [2.45, 2.75) is 59.3 Å². The van der Waals surface area contributed by atoms with Gasteiger partial charge in [0.25, 0.3) is 0 Å². The first-order valence-electron chi connectivity index (χ1n) is 9.06. The second-order valence-electron chi connectivity index (χ2n) is 6.90. The zero-order chi connectivity index (χ0) is 19.1. The molecule has 0 aliphatic heterocycles. The zero-order valence-corrected chi connectivity index (χ0v) is 16.0. The summed E-state index contributed by atoms with van der Waals surface area (Å²) >= 11 is 0. The Morgan fingerprint density at radius 2 is 1.96 bits per heavy atom. The maximum Gasteiger partial charge on any atom is 0.226 e. The number of nitrogens with one attached hydrogen (secondary N) is 1. The summed E-state index contributed by atoms with van der Waals surface area (Å²) in [6, 6.07) is 5.79. The van der Waals surface area contributed by atoms with Crippen molar-refractivity contribution in [3.63, 3.8) is 0 Å². The predicted molar refractivity (Wildman–Crippen MR) is 99.2 cm³/mol. The normalized spacial score (nSPS) is 11.0. The van der Waals surface area contributed by atoms with Crippen molar-refractivity contribution < 1.29 is 14.1 Å². The molecule has 1 aromatic carbocycles. The number of Topliss-reactive ketones (excluding diaryl/α,β-unsaturated/α-hetero) is 1. The van der Waals surface area contributed by atoms with Crippen LogP contribution in [0.3, 0.4) is 0 Å². The van der Waals surface area contributed by atoms with Crippen molar-refractivity contribution >= 4 is 11.7 Å². The van der Waals surface area contributed by atoms with Crippen LogP contribution in [-0.2, 0) is 11.2 Å². The first-order chi connectivity index (χ1) is 12.4. The Balaban J connectivity index is 1.68. The maximum atomic E-state index is 12.3. The molecule has 6 nitrogen and oxygen atoms in total. The molecular weight excluding hydrogens is 330 g/mol. The fourth-order valence-corrected chi connectivity index (χ4v) is 2.56. The molecule has 2 aromatic rings. The number of benzene rings is 1. The van der Waals surface area contributed by atoms with Gasteiger partial charge in [0.2, 0.25) is 11.8 Å². The highest BCUT2D eigenvalue weighted by atomic mass is 16.5. The number of aromatic nitrogens is 2. The standard InChI is InChI=1S/C20H27N3O3/c1-13(2)20-22-19(26-23-20)6-5-11-21-18(25)10-9-17(24)16-12-14(3)7-8-15(16)4/h7-8,12-13H,5-6,9-11H2,1-4H3,(H,21,25). The second-order valence-corrected chi connectivity index (χ2v) is 6.90. The maximum absolute atomic E-state index is 12.3. The zero-order valence-electron chi connectivity index (χ0n) is 16.0. The van der Waals surface area contributed by atoms with E-state index in [-0.39, 0.29) is 30.4 Å². The van der Waals surface area contributed by atoms with Crippen LogP contribution >= 0.6 is 0 Å². The summed E-state index contributed by atoms with van der Waals surface area (Å²) < 4.78 is 5.16. The fraction of sp³-hybridized carbons (Fsp3) is 0.500. The van der Waals surface area contributed by atoms with Crippen LogP contribution in [0.5, 0.6) is 0 Å². The quantitative estimate of drug-likeness (QED) is 0.548. The van der Waals surface area contributed by atoms with Crippen molar-refractivity contribution in [1.29, 1.82) is 0 Å². The Morgan fingerprint density at radius 3 is 2.65 bits per heavy atom. The van der Waals surface area contributed by atoms with Crippen molar-refractivity contribution in [2.75, 3.05) is 6.54 Å². The smallest absolute Gasteiger partial charge is 0.226 e. The van der Waals surface area contributed by atoms with Gasteiger partial charge in [-0.3, -0.25) is 9.59 Å². The molecule has 1 aromatic heterocycles. The van der Waals surface area contributed by atoms with E-state index in [1.54, 1.807) is 0 Å². The molecule has 1 heterocycles. The average molecular weight is 357 g/mol. The fourth-order valence-electron chi connectivity index (χ4n) is 2.56. The van der Waals surface area contributed by atoms with E-state index in [1.165, 1.54) is 0 Å². The summed E-state index contributed by atoms with van der Waals surface area (Å²) in [5.41, 5.74) is 2.70. The second kappa shape index (κ2) is 9.27. The van der Waals surface area contributed by atoms with Crippen molar-refractivity contribution in [2.24, 2.45) is 0 Å². The van der Waals surface area contributed by atoms with Crippen LogP contribution in [-0.4, -0.2) is 28.4 Å². The Hall–Kier alpha value is -2.50. The van der Waals surface area contributed by atoms with Gasteiger partial charge in [-0.1, -0.05) is 36.7 Å². The lowest BCUT2D eigenvalue weighted by atomic mass is 9.99. The molecule has 140 valence electrons. The van der Waals surface area contributed by atoms with Gasteiger partial charge in [0, 0.05) is 37.3 Å². The topological polar surface area (TPSA) is 85.1 Å². The molecule has 6 heteroatoms. The highest BCUT2D eigenvalue weighted by Crippen LogP contribution is 2.14. The highest BCUT2D eigenvalue weighted by molar-refractivity contribution is 5.99. The van der Waals surface area contributed by atoms with E-state index in [0.29, 0.717) is 30.2 Å². The SMILES string of the molecule is Cc1ccc(C)c(C(=O)CCC(=O)NCCCc2nc(C(C)C)no2)c1. The number of carbonyl (C=O) groups is 2. The summed E-state index contributed by atoms with van der Waals surface area (Å²) in [5.74, 6) is 1.43. The van der Waals surface area contributed by atoms with Gasteiger partial charge in [-0.2, -0.15) is 4.98 Å². The summed E-state index contributed by atoms with van der Waals surface area (Å²) in [7, 11) is 0. The van der Waals surface area contributed by atoms with E-state index < -0.39 is 0 Å². The Morgan fingerprint density at radius 1 is 1.19 bits per heavy atom. The summed E-state index contributed by atoms with van der Waals surface area (Å²) in [5, 5.41) is 6.74. The monoisotopic (exact) mass is 357 g/mol. The van der Waals surface area contributed by atoms with Crippen molar-refractivity contribution in [3.05, 3.63) is 46.6 Å². The lowest BCUT2D eigenvalue weighted by molar-refractivity contribution is -0.121. The van der Waals surface area contributed by atoms with Crippen LogP contribution in [0.15, 0.2) is 22.7 Å². The lowest BCUT2D eigenvalue weighted by Gasteiger charge is -2.07. The van der Waals surface area contributed by atoms with Crippen molar-refractivity contribution in [1.82, 2.24) is 15.5 Å². The summed E-state index contributed by atoms with van der Waals surface area (Å²) in [6.07, 6.45) is 1.76. The van der Waals surface area contributed by atoms with Crippen LogP contribution < -0.4 is 5.32 Å². The Kier molecular flexibility index (Phi) is 7.06. The number of hydrogen-bond donors (Lipinski definition) is 1. The molecule has 0 unspecified atom stereocenters. The minimum absolute atomic E-state index is 0.00780. The molecule has 0 aliphatic carbocycles.